The molecule has 1 aliphatic heterocycles. The summed E-state index contributed by atoms with van der Waals surface area (Å²) in [6, 6.07) is 20.7. The van der Waals surface area contributed by atoms with E-state index in [-0.39, 0.29) is 0 Å². The third kappa shape index (κ3) is 3.38. The molecule has 0 radical (unpaired) electrons. The van der Waals surface area contributed by atoms with E-state index in [2.05, 4.69) is 58.9 Å². The van der Waals surface area contributed by atoms with Crippen molar-refractivity contribution in [1.82, 2.24) is 14.5 Å². The van der Waals surface area contributed by atoms with Crippen LogP contribution in [0.3, 0.4) is 0 Å². The van der Waals surface area contributed by atoms with Crippen LogP contribution in [-0.2, 0) is 4.74 Å². The Bertz CT molecular complexity index is 1430. The summed E-state index contributed by atoms with van der Waals surface area (Å²) in [6.07, 6.45) is 1.97. The Morgan fingerprint density at radius 2 is 1.66 bits per heavy atom. The summed E-state index contributed by atoms with van der Waals surface area (Å²) in [7, 11) is 0. The molecule has 5 aromatic rings. The molecule has 0 amide bonds. The number of hydrogen-bond acceptors (Lipinski definition) is 4. The fourth-order valence-corrected chi connectivity index (χ4v) is 4.64. The van der Waals surface area contributed by atoms with Gasteiger partial charge in [-0.15, -0.1) is 0 Å². The molecular weight excluding hydrogens is 422 g/mol. The van der Waals surface area contributed by atoms with Gasteiger partial charge in [-0.05, 0) is 56.2 Å². The van der Waals surface area contributed by atoms with Crippen molar-refractivity contribution >= 4 is 33.7 Å². The minimum atomic E-state index is 0.363. The van der Waals surface area contributed by atoms with Crippen molar-refractivity contribution in [3.63, 3.8) is 0 Å². The first-order chi connectivity index (χ1) is 15.7. The predicted octanol–water partition coefficient (Wildman–Crippen LogP) is 6.82. The van der Waals surface area contributed by atoms with Crippen molar-refractivity contribution in [3.8, 4) is 22.8 Å². The smallest absolute Gasteiger partial charge is 0.227 e. The van der Waals surface area contributed by atoms with Gasteiger partial charge in [-0.2, -0.15) is 0 Å². The number of imidazole rings is 1. The van der Waals surface area contributed by atoms with E-state index in [1.165, 1.54) is 5.56 Å². The van der Waals surface area contributed by atoms with Gasteiger partial charge in [0.2, 0.25) is 5.89 Å². The molecule has 6 heteroatoms. The molecule has 1 fully saturated rings. The fraction of sp³-hybridized carbons (Fsp3) is 0.231. The van der Waals surface area contributed by atoms with Crippen LogP contribution in [0.25, 0.3) is 45.0 Å². The molecule has 0 saturated carbocycles. The quantitative estimate of drug-likeness (QED) is 0.307. The molecule has 3 aromatic carbocycles. The van der Waals surface area contributed by atoms with Gasteiger partial charge in [-0.3, -0.25) is 0 Å². The summed E-state index contributed by atoms with van der Waals surface area (Å²) < 4.78 is 14.0. The summed E-state index contributed by atoms with van der Waals surface area (Å²) in [6.45, 7) is 3.66. The number of aromatic nitrogens is 3. The highest BCUT2D eigenvalue weighted by Crippen LogP contribution is 2.35. The van der Waals surface area contributed by atoms with E-state index in [1.54, 1.807) is 0 Å². The third-order valence-electron chi connectivity index (χ3n) is 6.15. The fourth-order valence-electron chi connectivity index (χ4n) is 4.48. The number of aryl methyl sites for hydroxylation is 1. The van der Waals surface area contributed by atoms with Crippen molar-refractivity contribution in [1.29, 1.82) is 0 Å². The molecule has 5 nitrogen and oxygen atoms in total. The zero-order chi connectivity index (χ0) is 21.7. The largest absolute Gasteiger partial charge is 0.436 e. The minimum absolute atomic E-state index is 0.363. The summed E-state index contributed by atoms with van der Waals surface area (Å²) in [5, 5.41) is 0.644. The van der Waals surface area contributed by atoms with Crippen molar-refractivity contribution in [2.24, 2.45) is 0 Å². The van der Waals surface area contributed by atoms with Crippen LogP contribution >= 0.6 is 11.6 Å². The van der Waals surface area contributed by atoms with Crippen LogP contribution in [0.1, 0.15) is 24.4 Å². The molecule has 2 aromatic heterocycles. The molecule has 0 aliphatic carbocycles. The monoisotopic (exact) mass is 443 g/mol. The SMILES string of the molecule is Cc1ccc(-c2nc3cc(-c4nc5cc(Cl)ccc5o4)ccc3n2C2CCOCC2)cc1. The summed E-state index contributed by atoms with van der Waals surface area (Å²) in [4.78, 5) is 9.71. The first kappa shape index (κ1) is 19.5. The topological polar surface area (TPSA) is 53.1 Å². The van der Waals surface area contributed by atoms with Crippen LogP contribution in [0.15, 0.2) is 65.1 Å². The maximum Gasteiger partial charge on any atom is 0.227 e. The lowest BCUT2D eigenvalue weighted by atomic mass is 10.1. The number of nitrogens with zero attached hydrogens (tertiary/aromatic N) is 3. The van der Waals surface area contributed by atoms with E-state index in [4.69, 9.17) is 25.7 Å². The van der Waals surface area contributed by atoms with Crippen molar-refractivity contribution in [3.05, 3.63) is 71.2 Å². The van der Waals surface area contributed by atoms with Crippen LogP contribution in [0.5, 0.6) is 0 Å². The minimum Gasteiger partial charge on any atom is -0.436 e. The molecule has 0 atom stereocenters. The third-order valence-corrected chi connectivity index (χ3v) is 6.39. The Morgan fingerprint density at radius 3 is 2.47 bits per heavy atom. The van der Waals surface area contributed by atoms with Gasteiger partial charge in [0.05, 0.1) is 11.0 Å². The first-order valence-corrected chi connectivity index (χ1v) is 11.3. The normalized spacial score (nSPS) is 15.1. The zero-order valence-corrected chi connectivity index (χ0v) is 18.5. The average molecular weight is 444 g/mol. The van der Waals surface area contributed by atoms with Gasteiger partial charge in [0, 0.05) is 35.4 Å². The molecule has 1 saturated heterocycles. The number of rotatable bonds is 3. The standard InChI is InChI=1S/C26H22ClN3O2/c1-16-2-4-17(5-3-16)25-28-21-14-18(26-29-22-15-19(27)7-9-24(22)32-26)6-8-23(21)30(25)20-10-12-31-13-11-20/h2-9,14-15,20H,10-13H2,1H3. The number of hydrogen-bond donors (Lipinski definition) is 0. The highest BCUT2D eigenvalue weighted by molar-refractivity contribution is 6.31. The Hall–Kier alpha value is -3.15. The van der Waals surface area contributed by atoms with Crippen molar-refractivity contribution in [2.75, 3.05) is 13.2 Å². The Balaban J connectivity index is 1.50. The van der Waals surface area contributed by atoms with E-state index in [1.807, 2.05) is 18.2 Å². The van der Waals surface area contributed by atoms with Crippen LogP contribution in [0.2, 0.25) is 5.02 Å². The van der Waals surface area contributed by atoms with Crippen LogP contribution in [0.4, 0.5) is 0 Å². The number of ether oxygens (including phenoxy) is 1. The second kappa shape index (κ2) is 7.76. The molecule has 3 heterocycles. The molecule has 160 valence electrons. The summed E-state index contributed by atoms with van der Waals surface area (Å²) >= 11 is 6.11. The summed E-state index contributed by atoms with van der Waals surface area (Å²) in [5.41, 5.74) is 6.78. The second-order valence-electron chi connectivity index (χ2n) is 8.35. The van der Waals surface area contributed by atoms with E-state index in [0.717, 1.165) is 65.1 Å². The van der Waals surface area contributed by atoms with Gasteiger partial charge in [0.1, 0.15) is 11.3 Å². The number of oxazole rings is 1. The zero-order valence-electron chi connectivity index (χ0n) is 17.7. The van der Waals surface area contributed by atoms with Gasteiger partial charge < -0.3 is 13.7 Å². The van der Waals surface area contributed by atoms with E-state index < -0.39 is 0 Å². The Kier molecular flexibility index (Phi) is 4.74. The van der Waals surface area contributed by atoms with E-state index in [9.17, 15) is 0 Å². The molecule has 32 heavy (non-hydrogen) atoms. The highest BCUT2D eigenvalue weighted by Gasteiger charge is 2.23. The number of benzene rings is 3. The van der Waals surface area contributed by atoms with Crippen LogP contribution in [-0.4, -0.2) is 27.7 Å². The molecular formula is C26H22ClN3O2. The molecule has 0 spiro atoms. The lowest BCUT2D eigenvalue weighted by molar-refractivity contribution is 0.0710. The molecule has 6 rings (SSSR count). The van der Waals surface area contributed by atoms with Crippen LogP contribution < -0.4 is 0 Å². The molecule has 0 unspecified atom stereocenters. The van der Waals surface area contributed by atoms with E-state index >= 15 is 0 Å². The van der Waals surface area contributed by atoms with Gasteiger partial charge in [-0.25, -0.2) is 9.97 Å². The number of halogens is 1. The Labute approximate surface area is 190 Å². The number of fused-ring (bicyclic) bond motifs is 2. The average Bonchev–Trinajstić information content (AvgIpc) is 3.41. The van der Waals surface area contributed by atoms with Gasteiger partial charge in [-0.1, -0.05) is 41.4 Å². The maximum atomic E-state index is 6.11. The Morgan fingerprint density at radius 1 is 0.875 bits per heavy atom. The highest BCUT2D eigenvalue weighted by atomic mass is 35.5. The predicted molar refractivity (Wildman–Crippen MR) is 127 cm³/mol. The molecule has 0 bridgehead atoms. The van der Waals surface area contributed by atoms with Crippen molar-refractivity contribution in [2.45, 2.75) is 25.8 Å². The lowest BCUT2D eigenvalue weighted by Crippen LogP contribution is -2.20. The van der Waals surface area contributed by atoms with Crippen molar-refractivity contribution < 1.29 is 9.15 Å². The molecule has 0 N–H and O–H groups in total. The molecule has 1 aliphatic rings. The first-order valence-electron chi connectivity index (χ1n) is 10.9. The maximum absolute atomic E-state index is 6.11. The van der Waals surface area contributed by atoms with Gasteiger partial charge in [0.25, 0.3) is 0 Å². The van der Waals surface area contributed by atoms with E-state index in [0.29, 0.717) is 17.0 Å². The second-order valence-corrected chi connectivity index (χ2v) is 8.79. The van der Waals surface area contributed by atoms with Gasteiger partial charge in [0.15, 0.2) is 5.58 Å². The van der Waals surface area contributed by atoms with Crippen LogP contribution in [0, 0.1) is 6.92 Å². The lowest BCUT2D eigenvalue weighted by Gasteiger charge is -2.26. The summed E-state index contributed by atoms with van der Waals surface area (Å²) in [5.74, 6) is 1.56. The van der Waals surface area contributed by atoms with Gasteiger partial charge >= 0.3 is 0 Å².